The van der Waals surface area contributed by atoms with E-state index < -0.39 is 5.41 Å². The summed E-state index contributed by atoms with van der Waals surface area (Å²) in [5, 5.41) is 1.43. The van der Waals surface area contributed by atoms with E-state index in [0.717, 1.165) is 5.56 Å². The molecule has 4 nitrogen and oxygen atoms in total. The van der Waals surface area contributed by atoms with Crippen molar-refractivity contribution >= 4 is 5.91 Å². The van der Waals surface area contributed by atoms with Crippen LogP contribution < -0.4 is 0 Å². The van der Waals surface area contributed by atoms with Gasteiger partial charge in [-0.05, 0) is 31.5 Å². The topological polar surface area (TPSA) is 42.4 Å². The molecular weight excluding hydrogens is 192 g/mol. The van der Waals surface area contributed by atoms with Gasteiger partial charge < -0.3 is 0 Å². The molecule has 2 heterocycles. The molecule has 0 spiro atoms. The zero-order chi connectivity index (χ0) is 10.9. The van der Waals surface area contributed by atoms with Crippen LogP contribution in [0.4, 0.5) is 0 Å². The Morgan fingerprint density at radius 3 is 2.67 bits per heavy atom. The minimum Gasteiger partial charge on any atom is -0.272 e. The molecule has 0 radical (unpaired) electrons. The van der Waals surface area contributed by atoms with Crippen LogP contribution in [-0.4, -0.2) is 22.6 Å². The number of nitrogens with zero attached hydrogens (tertiary/aromatic N) is 2. The first-order valence-electron chi connectivity index (χ1n) is 4.93. The van der Waals surface area contributed by atoms with Crippen LogP contribution in [0.3, 0.4) is 0 Å². The second kappa shape index (κ2) is 3.62. The van der Waals surface area contributed by atoms with Gasteiger partial charge in [-0.3, -0.25) is 14.6 Å². The fraction of sp³-hybridized carbons (Fsp3) is 0.455. The Morgan fingerprint density at radius 1 is 1.47 bits per heavy atom. The van der Waals surface area contributed by atoms with Gasteiger partial charge in [0.1, 0.15) is 0 Å². The van der Waals surface area contributed by atoms with E-state index in [9.17, 15) is 4.79 Å². The van der Waals surface area contributed by atoms with Crippen molar-refractivity contribution in [1.82, 2.24) is 10.0 Å². The van der Waals surface area contributed by atoms with Crippen molar-refractivity contribution in [3.63, 3.8) is 0 Å². The van der Waals surface area contributed by atoms with E-state index in [1.165, 1.54) is 5.06 Å². The molecule has 4 heteroatoms. The van der Waals surface area contributed by atoms with Gasteiger partial charge in [0.25, 0.3) is 5.91 Å². The van der Waals surface area contributed by atoms with E-state index in [0.29, 0.717) is 13.2 Å². The first-order chi connectivity index (χ1) is 7.09. The van der Waals surface area contributed by atoms with Gasteiger partial charge in [-0.15, -0.1) is 0 Å². The summed E-state index contributed by atoms with van der Waals surface area (Å²) in [5.74, 6) is 0.0410. The summed E-state index contributed by atoms with van der Waals surface area (Å²) < 4.78 is 0. The smallest absolute Gasteiger partial charge is 0.254 e. The van der Waals surface area contributed by atoms with Crippen molar-refractivity contribution in [3.05, 3.63) is 30.1 Å². The highest BCUT2D eigenvalue weighted by Gasteiger charge is 2.40. The number of rotatable bonds is 2. The molecule has 0 saturated carbocycles. The number of amides is 1. The Balaban J connectivity index is 2.06. The third-order valence-electron chi connectivity index (χ3n) is 2.46. The number of aromatic nitrogens is 1. The van der Waals surface area contributed by atoms with Gasteiger partial charge in [0, 0.05) is 12.4 Å². The molecular formula is C11H14N2O2. The minimum absolute atomic E-state index is 0.0410. The summed E-state index contributed by atoms with van der Waals surface area (Å²) in [6.07, 6.45) is 3.42. The minimum atomic E-state index is -0.396. The summed E-state index contributed by atoms with van der Waals surface area (Å²) in [4.78, 5) is 21.1. The highest BCUT2D eigenvalue weighted by atomic mass is 16.7. The Hall–Kier alpha value is -1.42. The van der Waals surface area contributed by atoms with Gasteiger partial charge in [-0.2, -0.15) is 0 Å². The molecule has 0 atom stereocenters. The van der Waals surface area contributed by atoms with E-state index in [-0.39, 0.29) is 5.91 Å². The zero-order valence-electron chi connectivity index (χ0n) is 8.93. The van der Waals surface area contributed by atoms with E-state index in [2.05, 4.69) is 4.98 Å². The van der Waals surface area contributed by atoms with Crippen molar-refractivity contribution < 1.29 is 9.63 Å². The molecule has 1 aromatic heterocycles. The predicted octanol–water partition coefficient (Wildman–Crippen LogP) is 1.38. The maximum atomic E-state index is 11.8. The van der Waals surface area contributed by atoms with Crippen LogP contribution in [0, 0.1) is 5.41 Å². The SMILES string of the molecule is CC1(C)CON(Cc2ccncc2)C1=O. The molecule has 1 aliphatic rings. The van der Waals surface area contributed by atoms with Gasteiger partial charge in [-0.25, -0.2) is 5.06 Å². The van der Waals surface area contributed by atoms with Crippen LogP contribution in [0.2, 0.25) is 0 Å². The average Bonchev–Trinajstić information content (AvgIpc) is 2.47. The number of hydrogen-bond donors (Lipinski definition) is 0. The van der Waals surface area contributed by atoms with Crippen LogP contribution in [0.25, 0.3) is 0 Å². The van der Waals surface area contributed by atoms with Crippen LogP contribution >= 0.6 is 0 Å². The maximum absolute atomic E-state index is 11.8. The van der Waals surface area contributed by atoms with Gasteiger partial charge in [0.2, 0.25) is 0 Å². The van der Waals surface area contributed by atoms with Crippen molar-refractivity contribution in [2.75, 3.05) is 6.61 Å². The highest BCUT2D eigenvalue weighted by molar-refractivity contribution is 5.82. The Labute approximate surface area is 88.8 Å². The lowest BCUT2D eigenvalue weighted by molar-refractivity contribution is -0.165. The Kier molecular flexibility index (Phi) is 2.44. The molecule has 1 amide bonds. The van der Waals surface area contributed by atoms with Crippen molar-refractivity contribution in [3.8, 4) is 0 Å². The summed E-state index contributed by atoms with van der Waals surface area (Å²) in [5.41, 5.74) is 0.628. The third kappa shape index (κ3) is 1.99. The second-order valence-corrected chi connectivity index (χ2v) is 4.35. The summed E-state index contributed by atoms with van der Waals surface area (Å²) in [6.45, 7) is 4.73. The average molecular weight is 206 g/mol. The molecule has 0 bridgehead atoms. The van der Waals surface area contributed by atoms with Gasteiger partial charge in [0.05, 0.1) is 18.6 Å². The van der Waals surface area contributed by atoms with Crippen LogP contribution in [0.15, 0.2) is 24.5 Å². The lowest BCUT2D eigenvalue weighted by atomic mass is 9.95. The molecule has 0 N–H and O–H groups in total. The van der Waals surface area contributed by atoms with Crippen molar-refractivity contribution in [2.45, 2.75) is 20.4 Å². The monoisotopic (exact) mass is 206 g/mol. The molecule has 1 aromatic rings. The van der Waals surface area contributed by atoms with Crippen molar-refractivity contribution in [2.24, 2.45) is 5.41 Å². The molecule has 1 aliphatic heterocycles. The van der Waals surface area contributed by atoms with Gasteiger partial charge in [-0.1, -0.05) is 0 Å². The quantitative estimate of drug-likeness (QED) is 0.734. The lowest BCUT2D eigenvalue weighted by Crippen LogP contribution is -2.30. The number of hydrogen-bond acceptors (Lipinski definition) is 3. The summed E-state index contributed by atoms with van der Waals surface area (Å²) in [7, 11) is 0. The predicted molar refractivity (Wildman–Crippen MR) is 54.5 cm³/mol. The number of carbonyl (C=O) groups is 1. The standard InChI is InChI=1S/C11H14N2O2/c1-11(2)8-15-13(10(11)14)7-9-3-5-12-6-4-9/h3-6H,7-8H2,1-2H3. The summed E-state index contributed by atoms with van der Waals surface area (Å²) >= 11 is 0. The van der Waals surface area contributed by atoms with E-state index >= 15 is 0 Å². The molecule has 1 saturated heterocycles. The van der Waals surface area contributed by atoms with Crippen LogP contribution in [0.5, 0.6) is 0 Å². The number of hydroxylamine groups is 2. The van der Waals surface area contributed by atoms with Crippen LogP contribution in [0.1, 0.15) is 19.4 Å². The zero-order valence-corrected chi connectivity index (χ0v) is 8.93. The molecule has 0 aromatic carbocycles. The molecule has 15 heavy (non-hydrogen) atoms. The lowest BCUT2D eigenvalue weighted by Gasteiger charge is -2.16. The van der Waals surface area contributed by atoms with E-state index in [1.54, 1.807) is 12.4 Å². The molecule has 80 valence electrons. The molecule has 0 unspecified atom stereocenters. The van der Waals surface area contributed by atoms with E-state index in [4.69, 9.17) is 4.84 Å². The fourth-order valence-electron chi connectivity index (χ4n) is 1.47. The Bertz CT molecular complexity index is 362. The second-order valence-electron chi connectivity index (χ2n) is 4.35. The van der Waals surface area contributed by atoms with Crippen molar-refractivity contribution in [1.29, 1.82) is 0 Å². The molecule has 0 aliphatic carbocycles. The fourth-order valence-corrected chi connectivity index (χ4v) is 1.47. The molecule has 1 fully saturated rings. The summed E-state index contributed by atoms with van der Waals surface area (Å²) in [6, 6.07) is 3.75. The third-order valence-corrected chi connectivity index (χ3v) is 2.46. The Morgan fingerprint density at radius 2 is 2.13 bits per heavy atom. The number of pyridine rings is 1. The first-order valence-corrected chi connectivity index (χ1v) is 4.93. The number of carbonyl (C=O) groups excluding carboxylic acids is 1. The van der Waals surface area contributed by atoms with Crippen LogP contribution in [-0.2, 0) is 16.2 Å². The van der Waals surface area contributed by atoms with E-state index in [1.807, 2.05) is 26.0 Å². The first kappa shape index (κ1) is 10.1. The highest BCUT2D eigenvalue weighted by Crippen LogP contribution is 2.27. The normalized spacial score (nSPS) is 19.6. The maximum Gasteiger partial charge on any atom is 0.254 e. The van der Waals surface area contributed by atoms with Gasteiger partial charge >= 0.3 is 0 Å². The largest absolute Gasteiger partial charge is 0.272 e. The molecule has 2 rings (SSSR count). The van der Waals surface area contributed by atoms with Gasteiger partial charge in [0.15, 0.2) is 0 Å².